The van der Waals surface area contributed by atoms with E-state index in [1.54, 1.807) is 24.3 Å². The molecule has 0 aromatic heterocycles. The van der Waals surface area contributed by atoms with Crippen LogP contribution in [0.3, 0.4) is 0 Å². The summed E-state index contributed by atoms with van der Waals surface area (Å²) in [6, 6.07) is 8.89. The number of carbonyl (C=O) groups excluding carboxylic acids is 1. The molecule has 5 heteroatoms. The van der Waals surface area contributed by atoms with Crippen LogP contribution in [0, 0.1) is 11.3 Å². The molecule has 2 fully saturated rings. The summed E-state index contributed by atoms with van der Waals surface area (Å²) in [5, 5.41) is 8.91. The lowest BCUT2D eigenvalue weighted by Gasteiger charge is -2.43. The third kappa shape index (κ3) is 2.92. The Balaban J connectivity index is 1.66. The predicted octanol–water partition coefficient (Wildman–Crippen LogP) is 1.93. The van der Waals surface area contributed by atoms with Crippen LogP contribution in [0.15, 0.2) is 24.3 Å². The van der Waals surface area contributed by atoms with Crippen molar-refractivity contribution in [2.75, 3.05) is 26.3 Å². The van der Waals surface area contributed by atoms with E-state index in [0.29, 0.717) is 37.1 Å². The molecule has 0 N–H and O–H groups in total. The molecular formula is C16H18N2O3. The quantitative estimate of drug-likeness (QED) is 0.791. The highest BCUT2D eigenvalue weighted by Crippen LogP contribution is 2.31. The Hall–Kier alpha value is -1.90. The molecular weight excluding hydrogens is 268 g/mol. The van der Waals surface area contributed by atoms with Crippen LogP contribution in [0.1, 0.15) is 35.2 Å². The second-order valence-electron chi connectivity index (χ2n) is 5.45. The van der Waals surface area contributed by atoms with Gasteiger partial charge in [0, 0.05) is 31.5 Å². The first-order chi connectivity index (χ1) is 10.2. The molecule has 21 heavy (non-hydrogen) atoms. The minimum atomic E-state index is -0.483. The number of rotatable bonds is 1. The average Bonchev–Trinajstić information content (AvgIpc) is 2.56. The maximum Gasteiger partial charge on any atom is 0.253 e. The first-order valence-corrected chi connectivity index (χ1v) is 7.30. The predicted molar refractivity (Wildman–Crippen MR) is 75.5 cm³/mol. The minimum absolute atomic E-state index is 0.0299. The molecule has 2 aliphatic heterocycles. The fourth-order valence-electron chi connectivity index (χ4n) is 2.86. The molecule has 0 aliphatic carbocycles. The molecule has 5 nitrogen and oxygen atoms in total. The van der Waals surface area contributed by atoms with Crippen LogP contribution in [-0.2, 0) is 9.47 Å². The molecule has 110 valence electrons. The van der Waals surface area contributed by atoms with Gasteiger partial charge in [-0.2, -0.15) is 5.26 Å². The maximum absolute atomic E-state index is 12.5. The number of amides is 1. The SMILES string of the molecule is N#Cc1cccc(C(=O)N2CCC3(CC2)OCCCO3)c1. The van der Waals surface area contributed by atoms with Gasteiger partial charge in [0.05, 0.1) is 24.8 Å². The van der Waals surface area contributed by atoms with Gasteiger partial charge in [-0.25, -0.2) is 0 Å². The highest BCUT2D eigenvalue weighted by Gasteiger charge is 2.39. The normalized spacial score (nSPS) is 21.0. The van der Waals surface area contributed by atoms with E-state index in [4.69, 9.17) is 14.7 Å². The van der Waals surface area contributed by atoms with E-state index >= 15 is 0 Å². The van der Waals surface area contributed by atoms with Crippen molar-refractivity contribution in [3.8, 4) is 6.07 Å². The minimum Gasteiger partial charge on any atom is -0.350 e. The van der Waals surface area contributed by atoms with Gasteiger partial charge in [0.15, 0.2) is 5.79 Å². The van der Waals surface area contributed by atoms with E-state index in [1.165, 1.54) is 0 Å². The maximum atomic E-state index is 12.5. The monoisotopic (exact) mass is 286 g/mol. The second-order valence-corrected chi connectivity index (χ2v) is 5.45. The lowest BCUT2D eigenvalue weighted by molar-refractivity contribution is -0.281. The Morgan fingerprint density at radius 2 is 1.95 bits per heavy atom. The summed E-state index contributed by atoms with van der Waals surface area (Å²) in [4.78, 5) is 14.3. The number of hydrogen-bond acceptors (Lipinski definition) is 4. The lowest BCUT2D eigenvalue weighted by atomic mass is 10.0. The Labute approximate surface area is 124 Å². The van der Waals surface area contributed by atoms with Crippen LogP contribution in [0.4, 0.5) is 0 Å². The molecule has 1 spiro atoms. The summed E-state index contributed by atoms with van der Waals surface area (Å²) < 4.78 is 11.5. The molecule has 1 aromatic rings. The molecule has 1 aromatic carbocycles. The number of likely N-dealkylation sites (tertiary alicyclic amines) is 1. The zero-order chi connectivity index (χ0) is 14.7. The molecule has 0 radical (unpaired) electrons. The van der Waals surface area contributed by atoms with Gasteiger partial charge in [-0.1, -0.05) is 6.07 Å². The number of benzene rings is 1. The number of carbonyl (C=O) groups is 1. The molecule has 0 unspecified atom stereocenters. The van der Waals surface area contributed by atoms with E-state index in [1.807, 2.05) is 4.90 Å². The number of ether oxygens (including phenoxy) is 2. The lowest BCUT2D eigenvalue weighted by Crippen LogP contribution is -2.51. The highest BCUT2D eigenvalue weighted by molar-refractivity contribution is 5.94. The van der Waals surface area contributed by atoms with Crippen molar-refractivity contribution in [2.24, 2.45) is 0 Å². The summed E-state index contributed by atoms with van der Waals surface area (Å²) in [5.74, 6) is -0.512. The topological polar surface area (TPSA) is 62.6 Å². The third-order valence-corrected chi connectivity index (χ3v) is 4.07. The van der Waals surface area contributed by atoms with Crippen LogP contribution < -0.4 is 0 Å². The molecule has 3 rings (SSSR count). The van der Waals surface area contributed by atoms with Crippen LogP contribution in [0.5, 0.6) is 0 Å². The molecule has 2 heterocycles. The molecule has 0 atom stereocenters. The van der Waals surface area contributed by atoms with E-state index in [2.05, 4.69) is 6.07 Å². The second kappa shape index (κ2) is 5.84. The van der Waals surface area contributed by atoms with Crippen LogP contribution in [0.2, 0.25) is 0 Å². The molecule has 0 bridgehead atoms. The summed E-state index contributed by atoms with van der Waals surface area (Å²) >= 11 is 0. The number of hydrogen-bond donors (Lipinski definition) is 0. The first-order valence-electron chi connectivity index (χ1n) is 7.30. The Bertz CT molecular complexity index is 563. The zero-order valence-corrected chi connectivity index (χ0v) is 11.9. The van der Waals surface area contributed by atoms with Crippen LogP contribution in [-0.4, -0.2) is 42.9 Å². The van der Waals surface area contributed by atoms with E-state index in [9.17, 15) is 4.79 Å². The Kier molecular flexibility index (Phi) is 3.91. The summed E-state index contributed by atoms with van der Waals surface area (Å²) in [5.41, 5.74) is 1.07. The van der Waals surface area contributed by atoms with Gasteiger partial charge in [-0.05, 0) is 24.6 Å². The van der Waals surface area contributed by atoms with Crippen molar-refractivity contribution in [1.82, 2.24) is 4.90 Å². The largest absolute Gasteiger partial charge is 0.350 e. The van der Waals surface area contributed by atoms with Gasteiger partial charge in [0.1, 0.15) is 0 Å². The number of nitrogens with zero attached hydrogens (tertiary/aromatic N) is 2. The summed E-state index contributed by atoms with van der Waals surface area (Å²) in [6.45, 7) is 2.71. The molecule has 2 saturated heterocycles. The standard InChI is InChI=1S/C16H18N2O3/c17-12-13-3-1-4-14(11-13)15(19)18-7-5-16(6-8-18)20-9-2-10-21-16/h1,3-4,11H,2,5-10H2. The van der Waals surface area contributed by atoms with E-state index < -0.39 is 5.79 Å². The van der Waals surface area contributed by atoms with Gasteiger partial charge in [-0.3, -0.25) is 4.79 Å². The summed E-state index contributed by atoms with van der Waals surface area (Å²) in [7, 11) is 0. The fraction of sp³-hybridized carbons (Fsp3) is 0.500. The third-order valence-electron chi connectivity index (χ3n) is 4.07. The molecule has 2 aliphatic rings. The number of nitriles is 1. The first kappa shape index (κ1) is 14.1. The van der Waals surface area contributed by atoms with Crippen molar-refractivity contribution in [1.29, 1.82) is 5.26 Å². The van der Waals surface area contributed by atoms with Gasteiger partial charge < -0.3 is 14.4 Å². The molecule has 1 amide bonds. The van der Waals surface area contributed by atoms with Crippen molar-refractivity contribution in [3.05, 3.63) is 35.4 Å². The summed E-state index contributed by atoms with van der Waals surface area (Å²) in [6.07, 6.45) is 2.35. The van der Waals surface area contributed by atoms with Crippen molar-refractivity contribution >= 4 is 5.91 Å². The highest BCUT2D eigenvalue weighted by atomic mass is 16.7. The van der Waals surface area contributed by atoms with Crippen molar-refractivity contribution < 1.29 is 14.3 Å². The smallest absolute Gasteiger partial charge is 0.253 e. The average molecular weight is 286 g/mol. The van der Waals surface area contributed by atoms with Gasteiger partial charge in [0.2, 0.25) is 0 Å². The zero-order valence-electron chi connectivity index (χ0n) is 11.9. The fourth-order valence-corrected chi connectivity index (χ4v) is 2.86. The van der Waals surface area contributed by atoms with Gasteiger partial charge in [-0.15, -0.1) is 0 Å². The van der Waals surface area contributed by atoms with E-state index in [-0.39, 0.29) is 5.91 Å². The Morgan fingerprint density at radius 3 is 2.62 bits per heavy atom. The molecule has 0 saturated carbocycles. The van der Waals surface area contributed by atoms with Crippen molar-refractivity contribution in [2.45, 2.75) is 25.0 Å². The van der Waals surface area contributed by atoms with Crippen LogP contribution in [0.25, 0.3) is 0 Å². The Morgan fingerprint density at radius 1 is 1.24 bits per heavy atom. The van der Waals surface area contributed by atoms with Crippen LogP contribution >= 0.6 is 0 Å². The van der Waals surface area contributed by atoms with Gasteiger partial charge in [0.25, 0.3) is 5.91 Å². The van der Waals surface area contributed by atoms with Gasteiger partial charge >= 0.3 is 0 Å². The van der Waals surface area contributed by atoms with Crippen molar-refractivity contribution in [3.63, 3.8) is 0 Å². The number of piperidine rings is 1. The van der Waals surface area contributed by atoms with E-state index in [0.717, 1.165) is 19.6 Å².